The van der Waals surface area contributed by atoms with Gasteiger partial charge in [-0.1, -0.05) is 121 Å². The third-order valence-electron chi connectivity index (χ3n) is 13.1. The van der Waals surface area contributed by atoms with E-state index >= 15 is 0 Å². The number of aryl methyl sites for hydroxylation is 1. The van der Waals surface area contributed by atoms with Crippen LogP contribution in [0.2, 0.25) is 0 Å². The second-order valence-electron chi connectivity index (χ2n) is 16.0. The minimum Gasteiger partial charge on any atom is -0.308 e. The molecule has 8 aromatic carbocycles. The Morgan fingerprint density at radius 1 is 0.517 bits per heavy atom. The Kier molecular flexibility index (Phi) is 6.04. The van der Waals surface area contributed by atoms with Crippen LogP contribution in [0.3, 0.4) is 0 Å². The van der Waals surface area contributed by atoms with Crippen molar-refractivity contribution in [3.05, 3.63) is 181 Å². The Morgan fingerprint density at radius 3 is 1.84 bits per heavy atom. The highest BCUT2D eigenvalue weighted by atomic mass is 32.1. The first kappa shape index (κ1) is 31.1. The minimum atomic E-state index is -0.00654. The molecule has 0 aliphatic heterocycles. The molecule has 270 valence electrons. The van der Waals surface area contributed by atoms with E-state index < -0.39 is 0 Å². The summed E-state index contributed by atoms with van der Waals surface area (Å²) in [5.74, 6) is 0.720. The average Bonchev–Trinajstić information content (AvgIpc) is 3.99. The SMILES string of the molecule is c1ccc2cc3c(cc2c1)CCC(c1nc(-n2c4ccccc4c4ccccc42)nc2c1sc1ccccc12)c1c-3cc2c3ccccc3n3c4ccccc4c1c23. The summed E-state index contributed by atoms with van der Waals surface area (Å²) >= 11 is 1.84. The number of para-hydroxylation sites is 4. The maximum absolute atomic E-state index is 5.85. The van der Waals surface area contributed by atoms with Crippen LogP contribution >= 0.6 is 11.3 Å². The standard InChI is InChI=1S/C53H32N4S/c1-2-14-31-28-39-32(27-30(31)13-1)25-26-38(47-40(39)29-41-35-17-5-8-20-42(35)56-45-23-11-6-18-36(45)48(47)51(41)56)50-52-49(37-19-7-12-24-46(37)58-52)54-53(55-50)57-43-21-9-3-15-33(43)34-16-4-10-22-44(34)57/h1-24,27-29,38H,25-26H2. The van der Waals surface area contributed by atoms with Gasteiger partial charge < -0.3 is 4.40 Å². The van der Waals surface area contributed by atoms with Crippen molar-refractivity contribution in [1.82, 2.24) is 18.9 Å². The first-order chi connectivity index (χ1) is 28.8. The van der Waals surface area contributed by atoms with Gasteiger partial charge in [0.1, 0.15) is 0 Å². The molecule has 58 heavy (non-hydrogen) atoms. The van der Waals surface area contributed by atoms with Crippen LogP contribution in [-0.4, -0.2) is 18.9 Å². The first-order valence-corrected chi connectivity index (χ1v) is 21.0. The molecule has 4 nitrogen and oxygen atoms in total. The van der Waals surface area contributed by atoms with Gasteiger partial charge >= 0.3 is 0 Å². The van der Waals surface area contributed by atoms with Crippen molar-refractivity contribution in [2.75, 3.05) is 0 Å². The van der Waals surface area contributed by atoms with Crippen LogP contribution in [0.4, 0.5) is 0 Å². The van der Waals surface area contributed by atoms with Gasteiger partial charge in [-0.15, -0.1) is 11.3 Å². The number of nitrogens with zero attached hydrogens (tertiary/aromatic N) is 4. The van der Waals surface area contributed by atoms with Gasteiger partial charge in [-0.05, 0) is 88.3 Å². The molecule has 1 aliphatic carbocycles. The van der Waals surface area contributed by atoms with Crippen LogP contribution in [0.25, 0.3) is 108 Å². The Hall–Kier alpha value is -7.08. The second-order valence-corrected chi connectivity index (χ2v) is 17.0. The van der Waals surface area contributed by atoms with E-state index in [1.54, 1.807) is 0 Å². The van der Waals surface area contributed by atoms with Gasteiger partial charge in [0.25, 0.3) is 0 Å². The topological polar surface area (TPSA) is 35.1 Å². The van der Waals surface area contributed by atoms with E-state index in [1.165, 1.54) is 96.7 Å². The highest BCUT2D eigenvalue weighted by molar-refractivity contribution is 7.25. The molecule has 5 aromatic heterocycles. The zero-order valence-electron chi connectivity index (χ0n) is 31.3. The van der Waals surface area contributed by atoms with E-state index in [-0.39, 0.29) is 5.92 Å². The van der Waals surface area contributed by atoms with Gasteiger partial charge in [-0.25, -0.2) is 9.97 Å². The van der Waals surface area contributed by atoms with E-state index in [4.69, 9.17) is 9.97 Å². The van der Waals surface area contributed by atoms with E-state index in [2.05, 4.69) is 173 Å². The molecule has 0 fully saturated rings. The monoisotopic (exact) mass is 756 g/mol. The Labute approximate surface area is 336 Å². The van der Waals surface area contributed by atoms with E-state index in [0.717, 1.165) is 41.0 Å². The fourth-order valence-corrected chi connectivity index (χ4v) is 11.9. The molecule has 5 heterocycles. The third kappa shape index (κ3) is 3.98. The molecule has 0 saturated heterocycles. The highest BCUT2D eigenvalue weighted by Gasteiger charge is 2.34. The summed E-state index contributed by atoms with van der Waals surface area (Å²) in [6, 6.07) is 60.4. The normalized spacial score (nSPS) is 14.6. The smallest absolute Gasteiger partial charge is 0.235 e. The Bertz CT molecular complexity index is 3830. The van der Waals surface area contributed by atoms with E-state index in [1.807, 2.05) is 11.3 Å². The molecule has 1 aliphatic rings. The number of benzene rings is 8. The fraction of sp³-hybridized carbons (Fsp3) is 0.0566. The lowest BCUT2D eigenvalue weighted by Gasteiger charge is -2.21. The average molecular weight is 757 g/mol. The van der Waals surface area contributed by atoms with Crippen molar-refractivity contribution < 1.29 is 0 Å². The van der Waals surface area contributed by atoms with Gasteiger partial charge in [0, 0.05) is 48.3 Å². The zero-order chi connectivity index (χ0) is 37.6. The predicted molar refractivity (Wildman–Crippen MR) is 243 cm³/mol. The quantitative estimate of drug-likeness (QED) is 0.176. The lowest BCUT2D eigenvalue weighted by Crippen LogP contribution is -2.10. The number of thiophene rings is 1. The lowest BCUT2D eigenvalue weighted by atomic mass is 9.84. The largest absolute Gasteiger partial charge is 0.308 e. The van der Waals surface area contributed by atoms with E-state index in [9.17, 15) is 0 Å². The van der Waals surface area contributed by atoms with Crippen LogP contribution in [0.1, 0.15) is 29.2 Å². The third-order valence-corrected chi connectivity index (χ3v) is 14.3. The van der Waals surface area contributed by atoms with Crippen LogP contribution in [0.15, 0.2) is 164 Å². The molecule has 5 heteroatoms. The molecular formula is C53H32N4S. The van der Waals surface area contributed by atoms with Gasteiger partial charge in [0.2, 0.25) is 5.95 Å². The van der Waals surface area contributed by atoms with E-state index in [0.29, 0.717) is 0 Å². The number of rotatable bonds is 2. The zero-order valence-corrected chi connectivity index (χ0v) is 32.1. The summed E-state index contributed by atoms with van der Waals surface area (Å²) in [6.45, 7) is 0. The number of hydrogen-bond donors (Lipinski definition) is 0. The lowest BCUT2D eigenvalue weighted by molar-refractivity contribution is 0.712. The summed E-state index contributed by atoms with van der Waals surface area (Å²) in [4.78, 5) is 11.4. The van der Waals surface area contributed by atoms with Crippen LogP contribution < -0.4 is 0 Å². The molecule has 14 rings (SSSR count). The molecule has 0 N–H and O–H groups in total. The highest BCUT2D eigenvalue weighted by Crippen LogP contribution is 2.53. The maximum Gasteiger partial charge on any atom is 0.235 e. The molecule has 0 bridgehead atoms. The van der Waals surface area contributed by atoms with Crippen molar-refractivity contribution in [3.63, 3.8) is 0 Å². The van der Waals surface area contributed by atoms with Crippen molar-refractivity contribution in [1.29, 1.82) is 0 Å². The number of aromatic nitrogens is 4. The maximum atomic E-state index is 5.85. The summed E-state index contributed by atoms with van der Waals surface area (Å²) in [6.07, 6.45) is 1.86. The van der Waals surface area contributed by atoms with Crippen LogP contribution in [0, 0.1) is 0 Å². The number of fused-ring (bicyclic) bond motifs is 17. The minimum absolute atomic E-state index is 0.00654. The summed E-state index contributed by atoms with van der Waals surface area (Å²) in [5.41, 5.74) is 13.6. The molecule has 13 aromatic rings. The van der Waals surface area contributed by atoms with Gasteiger partial charge in [0.15, 0.2) is 0 Å². The summed E-state index contributed by atoms with van der Waals surface area (Å²) in [5, 5.41) is 11.4. The molecule has 0 radical (unpaired) electrons. The predicted octanol–water partition coefficient (Wildman–Crippen LogP) is 14.0. The van der Waals surface area contributed by atoms with Gasteiger partial charge in [0.05, 0.1) is 43.5 Å². The van der Waals surface area contributed by atoms with Crippen molar-refractivity contribution >= 4 is 102 Å². The fourth-order valence-electron chi connectivity index (χ4n) is 10.7. The molecule has 0 amide bonds. The Balaban J connectivity index is 1.17. The van der Waals surface area contributed by atoms with Crippen LogP contribution in [-0.2, 0) is 6.42 Å². The molecule has 1 unspecified atom stereocenters. The van der Waals surface area contributed by atoms with Crippen molar-refractivity contribution in [2.45, 2.75) is 18.8 Å². The molecule has 0 spiro atoms. The number of hydrogen-bond acceptors (Lipinski definition) is 3. The Morgan fingerprint density at radius 2 is 1.10 bits per heavy atom. The van der Waals surface area contributed by atoms with Gasteiger partial charge in [-0.2, -0.15) is 0 Å². The molecule has 1 atom stereocenters. The van der Waals surface area contributed by atoms with Crippen molar-refractivity contribution in [2.24, 2.45) is 0 Å². The van der Waals surface area contributed by atoms with Crippen molar-refractivity contribution in [3.8, 4) is 17.1 Å². The molecule has 0 saturated carbocycles. The molecular weight excluding hydrogens is 725 g/mol. The summed E-state index contributed by atoms with van der Waals surface area (Å²) in [7, 11) is 0. The van der Waals surface area contributed by atoms with Gasteiger partial charge in [-0.3, -0.25) is 4.57 Å². The first-order valence-electron chi connectivity index (χ1n) is 20.2. The van der Waals surface area contributed by atoms with Crippen LogP contribution in [0.5, 0.6) is 0 Å². The summed E-state index contributed by atoms with van der Waals surface area (Å²) < 4.78 is 7.24. The second kappa shape index (κ2) is 11.3.